The quantitative estimate of drug-likeness (QED) is 0.689. The number of non-ortho nitro benzene ring substituents is 1. The number of nitrogens with one attached hydrogen (secondary N) is 1. The molecule has 22 heavy (non-hydrogen) atoms. The second-order valence-electron chi connectivity index (χ2n) is 5.82. The van der Waals surface area contributed by atoms with Crippen molar-refractivity contribution in [2.75, 3.05) is 5.32 Å². The molecule has 0 spiro atoms. The van der Waals surface area contributed by atoms with E-state index in [1.807, 2.05) is 18.2 Å². The summed E-state index contributed by atoms with van der Waals surface area (Å²) in [4.78, 5) is 13.0. The Morgan fingerprint density at radius 2 is 2.00 bits per heavy atom. The summed E-state index contributed by atoms with van der Waals surface area (Å²) in [6, 6.07) is 15.4. The summed E-state index contributed by atoms with van der Waals surface area (Å²) in [7, 11) is 0. The van der Waals surface area contributed by atoms with Gasteiger partial charge in [0.1, 0.15) is 6.17 Å². The third-order valence-corrected chi connectivity index (χ3v) is 4.05. The fourth-order valence-corrected chi connectivity index (χ4v) is 2.88. The number of para-hydroxylation sites is 1. The second-order valence-corrected chi connectivity index (χ2v) is 5.82. The maximum absolute atomic E-state index is 11.0. The van der Waals surface area contributed by atoms with Gasteiger partial charge in [0.25, 0.3) is 5.69 Å². The first-order valence-corrected chi connectivity index (χ1v) is 7.41. The number of anilines is 1. The van der Waals surface area contributed by atoms with E-state index in [1.54, 1.807) is 12.1 Å². The van der Waals surface area contributed by atoms with E-state index in [0.29, 0.717) is 6.04 Å². The van der Waals surface area contributed by atoms with Crippen molar-refractivity contribution in [2.45, 2.75) is 32.6 Å². The van der Waals surface area contributed by atoms with Crippen LogP contribution in [0.15, 0.2) is 48.5 Å². The van der Waals surface area contributed by atoms with Crippen LogP contribution >= 0.6 is 0 Å². The standard InChI is InChI=1S/C17H19N3O2/c1-12(2)19-11-14-6-3-4-9-16(14)18-17(19)13-7-5-8-15(10-13)20(21)22/h3-10,12,17-18H,11H2,1-2H3. The Labute approximate surface area is 129 Å². The van der Waals surface area contributed by atoms with Crippen LogP contribution < -0.4 is 5.32 Å². The van der Waals surface area contributed by atoms with Gasteiger partial charge in [-0.25, -0.2) is 0 Å². The highest BCUT2D eigenvalue weighted by atomic mass is 16.6. The van der Waals surface area contributed by atoms with Gasteiger partial charge < -0.3 is 5.32 Å². The number of nitrogens with zero attached hydrogens (tertiary/aromatic N) is 2. The molecular formula is C17H19N3O2. The molecule has 1 unspecified atom stereocenters. The van der Waals surface area contributed by atoms with Crippen LogP contribution in [0.3, 0.4) is 0 Å². The molecule has 2 aromatic carbocycles. The largest absolute Gasteiger partial charge is 0.366 e. The SMILES string of the molecule is CC(C)N1Cc2ccccc2NC1c1cccc([N+](=O)[O-])c1. The van der Waals surface area contributed by atoms with Crippen LogP contribution in [0.25, 0.3) is 0 Å². The first-order chi connectivity index (χ1) is 10.6. The number of fused-ring (bicyclic) bond motifs is 1. The first-order valence-electron chi connectivity index (χ1n) is 7.41. The van der Waals surface area contributed by atoms with Crippen LogP contribution in [0.1, 0.15) is 31.1 Å². The molecule has 1 aliphatic rings. The average molecular weight is 297 g/mol. The Hall–Kier alpha value is -2.40. The van der Waals surface area contributed by atoms with Crippen molar-refractivity contribution in [3.8, 4) is 0 Å². The monoisotopic (exact) mass is 297 g/mol. The number of hydrogen-bond acceptors (Lipinski definition) is 4. The lowest BCUT2D eigenvalue weighted by Crippen LogP contribution is -2.41. The van der Waals surface area contributed by atoms with Gasteiger partial charge in [0.2, 0.25) is 0 Å². The second kappa shape index (κ2) is 5.77. The molecule has 1 N–H and O–H groups in total. The van der Waals surface area contributed by atoms with Crippen molar-refractivity contribution < 1.29 is 4.92 Å². The highest BCUT2D eigenvalue weighted by Crippen LogP contribution is 2.35. The van der Waals surface area contributed by atoms with Crippen molar-refractivity contribution in [2.24, 2.45) is 0 Å². The normalized spacial score (nSPS) is 17.9. The summed E-state index contributed by atoms with van der Waals surface area (Å²) >= 11 is 0. The molecule has 2 aromatic rings. The van der Waals surface area contributed by atoms with E-state index in [2.05, 4.69) is 36.2 Å². The number of rotatable bonds is 3. The minimum absolute atomic E-state index is 0.0604. The van der Waals surface area contributed by atoms with Gasteiger partial charge in [-0.1, -0.05) is 30.3 Å². The first kappa shape index (κ1) is 14.5. The van der Waals surface area contributed by atoms with Gasteiger partial charge in [-0.2, -0.15) is 0 Å². The van der Waals surface area contributed by atoms with Gasteiger partial charge in [-0.3, -0.25) is 15.0 Å². The third-order valence-electron chi connectivity index (χ3n) is 4.05. The molecular weight excluding hydrogens is 278 g/mol. The van der Waals surface area contributed by atoms with Gasteiger partial charge in [0, 0.05) is 30.4 Å². The van der Waals surface area contributed by atoms with Gasteiger partial charge in [0.05, 0.1) is 4.92 Å². The lowest BCUT2D eigenvalue weighted by atomic mass is 10.0. The molecule has 0 aromatic heterocycles. The molecule has 0 saturated carbocycles. The van der Waals surface area contributed by atoms with E-state index in [-0.39, 0.29) is 16.8 Å². The molecule has 3 rings (SSSR count). The lowest BCUT2D eigenvalue weighted by molar-refractivity contribution is -0.385. The molecule has 0 aliphatic carbocycles. The van der Waals surface area contributed by atoms with E-state index < -0.39 is 0 Å². The summed E-state index contributed by atoms with van der Waals surface area (Å²) in [6.07, 6.45) is -0.0604. The number of nitro benzene ring substituents is 1. The minimum atomic E-state index is -0.347. The summed E-state index contributed by atoms with van der Waals surface area (Å²) in [5.74, 6) is 0. The number of nitro groups is 1. The molecule has 1 aliphatic heterocycles. The van der Waals surface area contributed by atoms with E-state index in [9.17, 15) is 10.1 Å². The highest BCUT2D eigenvalue weighted by molar-refractivity contribution is 5.55. The number of benzene rings is 2. The Bertz CT molecular complexity index is 700. The third kappa shape index (κ3) is 2.67. The van der Waals surface area contributed by atoms with Crippen molar-refractivity contribution in [3.05, 3.63) is 69.8 Å². The molecule has 1 atom stereocenters. The molecule has 0 saturated heterocycles. The van der Waals surface area contributed by atoms with E-state index >= 15 is 0 Å². The Morgan fingerprint density at radius 3 is 2.73 bits per heavy atom. The maximum Gasteiger partial charge on any atom is 0.269 e. The number of hydrogen-bond donors (Lipinski definition) is 1. The zero-order valence-electron chi connectivity index (χ0n) is 12.7. The van der Waals surface area contributed by atoms with Crippen molar-refractivity contribution >= 4 is 11.4 Å². The maximum atomic E-state index is 11.0. The smallest absolute Gasteiger partial charge is 0.269 e. The van der Waals surface area contributed by atoms with Crippen LogP contribution in [-0.4, -0.2) is 15.9 Å². The van der Waals surface area contributed by atoms with Crippen molar-refractivity contribution in [1.82, 2.24) is 4.90 Å². The predicted molar refractivity (Wildman–Crippen MR) is 86.6 cm³/mol. The highest BCUT2D eigenvalue weighted by Gasteiger charge is 2.29. The Kier molecular flexibility index (Phi) is 3.81. The van der Waals surface area contributed by atoms with Gasteiger partial charge in [-0.15, -0.1) is 0 Å². The average Bonchev–Trinajstić information content (AvgIpc) is 2.53. The van der Waals surface area contributed by atoms with Crippen LogP contribution in [0, 0.1) is 10.1 Å². The van der Waals surface area contributed by atoms with Gasteiger partial charge in [-0.05, 0) is 31.0 Å². The van der Waals surface area contributed by atoms with E-state index in [0.717, 1.165) is 17.8 Å². The minimum Gasteiger partial charge on any atom is -0.366 e. The van der Waals surface area contributed by atoms with Gasteiger partial charge in [0.15, 0.2) is 0 Å². The molecule has 5 heteroatoms. The van der Waals surface area contributed by atoms with Crippen LogP contribution in [0.5, 0.6) is 0 Å². The predicted octanol–water partition coefficient (Wildman–Crippen LogP) is 3.93. The van der Waals surface area contributed by atoms with E-state index in [1.165, 1.54) is 11.6 Å². The van der Waals surface area contributed by atoms with Crippen LogP contribution in [0.4, 0.5) is 11.4 Å². The fraction of sp³-hybridized carbons (Fsp3) is 0.294. The summed E-state index contributed by atoms with van der Waals surface area (Å²) < 4.78 is 0. The zero-order chi connectivity index (χ0) is 15.7. The molecule has 1 heterocycles. The summed E-state index contributed by atoms with van der Waals surface area (Å²) in [5.41, 5.74) is 3.38. The Balaban J connectivity index is 2.00. The molecule has 114 valence electrons. The molecule has 0 bridgehead atoms. The topological polar surface area (TPSA) is 58.4 Å². The van der Waals surface area contributed by atoms with Crippen molar-refractivity contribution in [3.63, 3.8) is 0 Å². The van der Waals surface area contributed by atoms with Crippen LogP contribution in [-0.2, 0) is 6.54 Å². The fourth-order valence-electron chi connectivity index (χ4n) is 2.88. The van der Waals surface area contributed by atoms with Crippen molar-refractivity contribution in [1.29, 1.82) is 0 Å². The molecule has 0 radical (unpaired) electrons. The lowest BCUT2D eigenvalue weighted by Gasteiger charge is -2.40. The molecule has 0 amide bonds. The molecule has 5 nitrogen and oxygen atoms in total. The summed E-state index contributed by atoms with van der Waals surface area (Å²) in [6.45, 7) is 5.11. The van der Waals surface area contributed by atoms with Crippen LogP contribution in [0.2, 0.25) is 0 Å². The van der Waals surface area contributed by atoms with Gasteiger partial charge >= 0.3 is 0 Å². The summed E-state index contributed by atoms with van der Waals surface area (Å²) in [5, 5.41) is 14.5. The molecule has 0 fully saturated rings. The van der Waals surface area contributed by atoms with E-state index in [4.69, 9.17) is 0 Å². The zero-order valence-corrected chi connectivity index (χ0v) is 12.7. The Morgan fingerprint density at radius 1 is 1.23 bits per heavy atom.